The fraction of sp³-hybridized carbons (Fsp3) is 0.459. The van der Waals surface area contributed by atoms with E-state index < -0.39 is 0 Å². The maximum Gasteiger partial charge on any atom is 0.00826 e. The van der Waals surface area contributed by atoms with E-state index in [1.165, 1.54) is 82.2 Å². The number of aryl methyl sites for hydroxylation is 2. The number of fused-ring (bicyclic) bond motifs is 1. The monoisotopic (exact) mass is 490 g/mol. The average molecular weight is 491 g/mol. The van der Waals surface area contributed by atoms with Gasteiger partial charge in [-0.2, -0.15) is 0 Å². The molecule has 0 nitrogen and oxygen atoms in total. The first-order valence-corrected chi connectivity index (χ1v) is 14.7. The molecule has 0 amide bonds. The van der Waals surface area contributed by atoms with E-state index in [1.54, 1.807) is 5.56 Å². The Labute approximate surface area is 226 Å². The lowest BCUT2D eigenvalue weighted by Gasteiger charge is -2.32. The van der Waals surface area contributed by atoms with Crippen LogP contribution in [0.1, 0.15) is 80.7 Å². The Kier molecular flexibility index (Phi) is 7.49. The second kappa shape index (κ2) is 10.6. The Bertz CT molecular complexity index is 1260. The van der Waals surface area contributed by atoms with Crippen molar-refractivity contribution in [2.45, 2.75) is 79.6 Å². The third-order valence-electron chi connectivity index (χ3n) is 9.69. The van der Waals surface area contributed by atoms with Crippen molar-refractivity contribution in [2.24, 2.45) is 29.6 Å². The van der Waals surface area contributed by atoms with Crippen LogP contribution in [0, 0.1) is 43.4 Å². The summed E-state index contributed by atoms with van der Waals surface area (Å²) in [5.41, 5.74) is 14.4. The molecule has 2 aromatic rings. The molecule has 0 heterocycles. The largest absolute Gasteiger partial charge is 0.0986 e. The van der Waals surface area contributed by atoms with Crippen molar-refractivity contribution in [3.8, 4) is 11.1 Å². The fourth-order valence-electron chi connectivity index (χ4n) is 7.33. The third-order valence-corrected chi connectivity index (χ3v) is 9.69. The Morgan fingerprint density at radius 2 is 1.81 bits per heavy atom. The Morgan fingerprint density at radius 1 is 1.00 bits per heavy atom. The zero-order valence-corrected chi connectivity index (χ0v) is 23.9. The van der Waals surface area contributed by atoms with E-state index >= 15 is 0 Å². The minimum atomic E-state index is 0.362. The molecule has 2 aromatic carbocycles. The highest BCUT2D eigenvalue weighted by Gasteiger charge is 2.28. The molecule has 3 aliphatic rings. The molecule has 0 saturated heterocycles. The standard InChI is InChI=1S/C37H46/c1-23(2)31-11-8-10-29(18-31)20-35-27(6)16-24(3)17-37(35)33-13-9-12-32-19-30(22-36(32)33)21-34-26(5)15-14-25(4)28(34)7/h9,12-17,19,23,25,29,31,34H,5,7-8,10-11,18,20-22H2,1-4,6H3. The van der Waals surface area contributed by atoms with Gasteiger partial charge >= 0.3 is 0 Å². The first kappa shape index (κ1) is 26.0. The van der Waals surface area contributed by atoms with E-state index in [2.05, 4.69) is 96.3 Å². The average Bonchev–Trinajstić information content (AvgIpc) is 3.29. The Hall–Kier alpha value is -2.60. The van der Waals surface area contributed by atoms with Crippen molar-refractivity contribution in [3.63, 3.8) is 0 Å². The molecule has 5 rings (SSSR count). The van der Waals surface area contributed by atoms with E-state index in [-0.39, 0.29) is 0 Å². The molecular weight excluding hydrogens is 444 g/mol. The van der Waals surface area contributed by atoms with Gasteiger partial charge in [0, 0.05) is 5.92 Å². The molecular formula is C37H46. The zero-order valence-electron chi connectivity index (χ0n) is 23.9. The van der Waals surface area contributed by atoms with Gasteiger partial charge in [0.25, 0.3) is 0 Å². The highest BCUT2D eigenvalue weighted by atomic mass is 14.3. The van der Waals surface area contributed by atoms with Gasteiger partial charge in [-0.15, -0.1) is 0 Å². The van der Waals surface area contributed by atoms with E-state index in [0.29, 0.717) is 11.8 Å². The number of hydrogen-bond acceptors (Lipinski definition) is 0. The van der Waals surface area contributed by atoms with E-state index in [4.69, 9.17) is 0 Å². The van der Waals surface area contributed by atoms with Crippen LogP contribution in [0.25, 0.3) is 17.2 Å². The number of allylic oxidation sites excluding steroid dienone is 5. The highest BCUT2D eigenvalue weighted by Crippen LogP contribution is 2.43. The molecule has 1 fully saturated rings. The first-order chi connectivity index (χ1) is 17.7. The molecule has 4 unspecified atom stereocenters. The van der Waals surface area contributed by atoms with Gasteiger partial charge in [0.1, 0.15) is 0 Å². The number of rotatable bonds is 6. The van der Waals surface area contributed by atoms with Gasteiger partial charge in [-0.05, 0) is 102 Å². The van der Waals surface area contributed by atoms with Gasteiger partial charge < -0.3 is 0 Å². The number of benzene rings is 2. The normalized spacial score (nSPS) is 25.5. The predicted molar refractivity (Wildman–Crippen MR) is 162 cm³/mol. The molecule has 0 radical (unpaired) electrons. The van der Waals surface area contributed by atoms with Gasteiger partial charge in [-0.25, -0.2) is 0 Å². The van der Waals surface area contributed by atoms with Gasteiger partial charge in [0.2, 0.25) is 0 Å². The van der Waals surface area contributed by atoms with Crippen molar-refractivity contribution in [1.29, 1.82) is 0 Å². The molecule has 0 heteroatoms. The molecule has 37 heavy (non-hydrogen) atoms. The second-order valence-electron chi connectivity index (χ2n) is 12.8. The predicted octanol–water partition coefficient (Wildman–Crippen LogP) is 10.2. The smallest absolute Gasteiger partial charge is 0.00826 e. The van der Waals surface area contributed by atoms with Crippen molar-refractivity contribution in [3.05, 3.63) is 100 Å². The van der Waals surface area contributed by atoms with Gasteiger partial charge in [-0.3, -0.25) is 0 Å². The molecule has 3 aliphatic carbocycles. The minimum absolute atomic E-state index is 0.362. The molecule has 0 aromatic heterocycles. The SMILES string of the molecule is C=C1C=CC(C)C(=C)C1CC1=Cc2cccc(-c3cc(C)cc(C)c3CC3CCCC(C(C)C)C3)c2C1. The van der Waals surface area contributed by atoms with Crippen LogP contribution >= 0.6 is 0 Å². The van der Waals surface area contributed by atoms with Crippen molar-refractivity contribution in [1.82, 2.24) is 0 Å². The summed E-state index contributed by atoms with van der Waals surface area (Å²) in [6.45, 7) is 20.5. The van der Waals surface area contributed by atoms with Gasteiger partial charge in [0.05, 0.1) is 0 Å². The van der Waals surface area contributed by atoms with Crippen molar-refractivity contribution in [2.75, 3.05) is 0 Å². The first-order valence-electron chi connectivity index (χ1n) is 14.7. The summed E-state index contributed by atoms with van der Waals surface area (Å²) in [6, 6.07) is 11.8. The summed E-state index contributed by atoms with van der Waals surface area (Å²) in [4.78, 5) is 0. The Morgan fingerprint density at radius 3 is 2.59 bits per heavy atom. The van der Waals surface area contributed by atoms with Crippen LogP contribution in [0.5, 0.6) is 0 Å². The van der Waals surface area contributed by atoms with Crippen LogP contribution in [-0.4, -0.2) is 0 Å². The summed E-state index contributed by atoms with van der Waals surface area (Å²) >= 11 is 0. The highest BCUT2D eigenvalue weighted by molar-refractivity contribution is 5.80. The van der Waals surface area contributed by atoms with Crippen LogP contribution < -0.4 is 0 Å². The zero-order chi connectivity index (χ0) is 26.3. The lowest BCUT2D eigenvalue weighted by Crippen LogP contribution is -2.21. The fourth-order valence-corrected chi connectivity index (χ4v) is 7.33. The third kappa shape index (κ3) is 5.36. The lowest BCUT2D eigenvalue weighted by atomic mass is 9.73. The van der Waals surface area contributed by atoms with Crippen molar-refractivity contribution >= 4 is 6.08 Å². The van der Waals surface area contributed by atoms with Crippen LogP contribution in [-0.2, 0) is 12.8 Å². The molecule has 0 bridgehead atoms. The molecule has 0 aliphatic heterocycles. The van der Waals surface area contributed by atoms with Gasteiger partial charge in [-0.1, -0.05) is 118 Å². The molecule has 0 spiro atoms. The molecule has 0 N–H and O–H groups in total. The summed E-state index contributed by atoms with van der Waals surface area (Å²) in [7, 11) is 0. The minimum Gasteiger partial charge on any atom is -0.0986 e. The summed E-state index contributed by atoms with van der Waals surface area (Å²) in [6.07, 6.45) is 15.8. The summed E-state index contributed by atoms with van der Waals surface area (Å²) in [5, 5.41) is 0. The Balaban J connectivity index is 1.43. The molecule has 4 atom stereocenters. The van der Waals surface area contributed by atoms with Crippen molar-refractivity contribution < 1.29 is 0 Å². The second-order valence-corrected chi connectivity index (χ2v) is 12.8. The van der Waals surface area contributed by atoms with Crippen LogP contribution in [0.3, 0.4) is 0 Å². The maximum absolute atomic E-state index is 4.45. The maximum atomic E-state index is 4.45. The summed E-state index contributed by atoms with van der Waals surface area (Å²) in [5.74, 6) is 3.30. The molecule has 194 valence electrons. The topological polar surface area (TPSA) is 0 Å². The van der Waals surface area contributed by atoms with E-state index in [1.807, 2.05) is 0 Å². The van der Waals surface area contributed by atoms with Gasteiger partial charge in [0.15, 0.2) is 0 Å². The van der Waals surface area contributed by atoms with Crippen LogP contribution in [0.2, 0.25) is 0 Å². The van der Waals surface area contributed by atoms with Crippen LogP contribution in [0.4, 0.5) is 0 Å². The van der Waals surface area contributed by atoms with Crippen LogP contribution in [0.15, 0.2) is 72.4 Å². The number of hydrogen-bond donors (Lipinski definition) is 0. The molecule has 1 saturated carbocycles. The summed E-state index contributed by atoms with van der Waals surface area (Å²) < 4.78 is 0. The lowest BCUT2D eigenvalue weighted by molar-refractivity contribution is 0.214. The quantitative estimate of drug-likeness (QED) is 0.353. The van der Waals surface area contributed by atoms with E-state index in [0.717, 1.165) is 30.6 Å². The van der Waals surface area contributed by atoms with E-state index in [9.17, 15) is 0 Å².